The Hall–Kier alpha value is -3.21. The van der Waals surface area contributed by atoms with Crippen molar-refractivity contribution in [3.8, 4) is 0 Å². The van der Waals surface area contributed by atoms with E-state index in [0.29, 0.717) is 22.5 Å². The summed E-state index contributed by atoms with van der Waals surface area (Å²) >= 11 is 0. The zero-order valence-corrected chi connectivity index (χ0v) is 14.3. The number of amides is 1. The number of methoxy groups -OCH3 is 1. The molecule has 3 rings (SSSR count). The molecule has 1 N–H and O–H groups in total. The Bertz CT molecular complexity index is 980. The predicted molar refractivity (Wildman–Crippen MR) is 97.0 cm³/mol. The Balaban J connectivity index is 2.01. The van der Waals surface area contributed by atoms with E-state index in [1.54, 1.807) is 19.1 Å². The maximum Gasteiger partial charge on any atom is 0.339 e. The number of benzene rings is 2. The second-order valence-corrected chi connectivity index (χ2v) is 5.76. The van der Waals surface area contributed by atoms with Crippen LogP contribution in [0.15, 0.2) is 48.5 Å². The van der Waals surface area contributed by atoms with Gasteiger partial charge in [-0.3, -0.25) is 9.78 Å². The van der Waals surface area contributed by atoms with Gasteiger partial charge in [0.1, 0.15) is 0 Å². The fourth-order valence-corrected chi connectivity index (χ4v) is 2.74. The summed E-state index contributed by atoms with van der Waals surface area (Å²) in [6.07, 6.45) is 0. The first kappa shape index (κ1) is 16.6. The van der Waals surface area contributed by atoms with Crippen LogP contribution < -0.4 is 5.32 Å². The second kappa shape index (κ2) is 6.73. The van der Waals surface area contributed by atoms with Crippen molar-refractivity contribution < 1.29 is 14.3 Å². The number of para-hydroxylation sites is 2. The van der Waals surface area contributed by atoms with Crippen molar-refractivity contribution in [2.75, 3.05) is 12.4 Å². The van der Waals surface area contributed by atoms with E-state index in [1.807, 2.05) is 43.3 Å². The molecule has 0 aliphatic rings. The zero-order valence-electron chi connectivity index (χ0n) is 14.3. The Kier molecular flexibility index (Phi) is 4.48. The molecule has 1 aromatic heterocycles. The van der Waals surface area contributed by atoms with Crippen LogP contribution in [0.3, 0.4) is 0 Å². The van der Waals surface area contributed by atoms with Gasteiger partial charge in [0, 0.05) is 5.39 Å². The number of carbonyl (C=O) groups is 2. The Morgan fingerprint density at radius 1 is 1.00 bits per heavy atom. The molecule has 0 aliphatic heterocycles. The quantitative estimate of drug-likeness (QED) is 0.738. The van der Waals surface area contributed by atoms with Gasteiger partial charge in [0.15, 0.2) is 0 Å². The smallest absolute Gasteiger partial charge is 0.339 e. The summed E-state index contributed by atoms with van der Waals surface area (Å²) in [6, 6.07) is 14.6. The summed E-state index contributed by atoms with van der Waals surface area (Å²) in [5.41, 5.74) is 3.49. The third-order valence-corrected chi connectivity index (χ3v) is 4.08. The highest BCUT2D eigenvalue weighted by Gasteiger charge is 2.18. The van der Waals surface area contributed by atoms with Crippen LogP contribution in [0.5, 0.6) is 0 Å². The van der Waals surface area contributed by atoms with Crippen molar-refractivity contribution in [2.24, 2.45) is 0 Å². The van der Waals surface area contributed by atoms with Crippen LogP contribution in [0.2, 0.25) is 0 Å². The number of hydrogen-bond donors (Lipinski definition) is 1. The van der Waals surface area contributed by atoms with E-state index in [-0.39, 0.29) is 5.91 Å². The van der Waals surface area contributed by atoms with Gasteiger partial charge in [0.05, 0.1) is 35.1 Å². The number of anilines is 1. The molecule has 0 bridgehead atoms. The summed E-state index contributed by atoms with van der Waals surface area (Å²) in [6.45, 7) is 3.62. The van der Waals surface area contributed by atoms with Crippen molar-refractivity contribution in [1.82, 2.24) is 4.98 Å². The molecule has 5 nitrogen and oxygen atoms in total. The number of ether oxygens (including phenoxy) is 1. The van der Waals surface area contributed by atoms with Gasteiger partial charge in [-0.25, -0.2) is 4.79 Å². The van der Waals surface area contributed by atoms with Crippen molar-refractivity contribution >= 4 is 28.5 Å². The lowest BCUT2D eigenvalue weighted by molar-refractivity contribution is 0.0602. The molecule has 5 heteroatoms. The summed E-state index contributed by atoms with van der Waals surface area (Å²) in [4.78, 5) is 29.2. The van der Waals surface area contributed by atoms with Gasteiger partial charge in [-0.2, -0.15) is 0 Å². The fraction of sp³-hybridized carbons (Fsp3) is 0.150. The molecule has 1 heterocycles. The van der Waals surface area contributed by atoms with Gasteiger partial charge < -0.3 is 10.1 Å². The van der Waals surface area contributed by atoms with Crippen LogP contribution in [-0.4, -0.2) is 24.0 Å². The van der Waals surface area contributed by atoms with E-state index in [4.69, 9.17) is 4.74 Å². The molecular formula is C20H18N2O3. The molecule has 0 fully saturated rings. The highest BCUT2D eigenvalue weighted by molar-refractivity contribution is 6.10. The number of pyridine rings is 1. The van der Waals surface area contributed by atoms with Gasteiger partial charge in [0.2, 0.25) is 0 Å². The predicted octanol–water partition coefficient (Wildman–Crippen LogP) is 3.89. The van der Waals surface area contributed by atoms with Crippen molar-refractivity contribution in [1.29, 1.82) is 0 Å². The molecule has 0 atom stereocenters. The fourth-order valence-electron chi connectivity index (χ4n) is 2.74. The van der Waals surface area contributed by atoms with Gasteiger partial charge in [-0.1, -0.05) is 30.3 Å². The van der Waals surface area contributed by atoms with E-state index < -0.39 is 5.97 Å². The number of aryl methyl sites for hydroxylation is 2. The third kappa shape index (κ3) is 3.21. The molecule has 0 unspecified atom stereocenters. The molecule has 0 saturated heterocycles. The lowest BCUT2D eigenvalue weighted by atomic mass is 10.1. The number of nitrogens with zero attached hydrogens (tertiary/aromatic N) is 1. The first-order chi connectivity index (χ1) is 12.0. The third-order valence-electron chi connectivity index (χ3n) is 4.08. The number of carbonyl (C=O) groups excluding carboxylic acids is 2. The summed E-state index contributed by atoms with van der Waals surface area (Å²) in [7, 11) is 1.31. The average molecular weight is 334 g/mol. The van der Waals surface area contributed by atoms with Gasteiger partial charge in [0.25, 0.3) is 5.91 Å². The van der Waals surface area contributed by atoms with Crippen LogP contribution in [-0.2, 0) is 4.74 Å². The Labute approximate surface area is 145 Å². The highest BCUT2D eigenvalue weighted by atomic mass is 16.5. The van der Waals surface area contributed by atoms with E-state index in [9.17, 15) is 9.59 Å². The molecule has 0 radical (unpaired) electrons. The SMILES string of the molecule is COC(=O)c1cccc(C)c1NC(=O)c1cc2ccccc2nc1C. The van der Waals surface area contributed by atoms with Crippen LogP contribution in [0, 0.1) is 13.8 Å². The van der Waals surface area contributed by atoms with Gasteiger partial charge in [-0.05, 0) is 37.6 Å². The number of hydrogen-bond acceptors (Lipinski definition) is 4. The van der Waals surface area contributed by atoms with E-state index in [1.165, 1.54) is 7.11 Å². The summed E-state index contributed by atoms with van der Waals surface area (Å²) in [5, 5.41) is 3.72. The average Bonchev–Trinajstić information content (AvgIpc) is 2.62. The molecule has 1 amide bonds. The first-order valence-electron chi connectivity index (χ1n) is 7.87. The highest BCUT2D eigenvalue weighted by Crippen LogP contribution is 2.23. The lowest BCUT2D eigenvalue weighted by Crippen LogP contribution is -2.18. The number of aromatic nitrogens is 1. The lowest BCUT2D eigenvalue weighted by Gasteiger charge is -2.14. The molecule has 3 aromatic rings. The van der Waals surface area contributed by atoms with Crippen molar-refractivity contribution in [3.63, 3.8) is 0 Å². The number of esters is 1. The van der Waals surface area contributed by atoms with Crippen molar-refractivity contribution in [2.45, 2.75) is 13.8 Å². The first-order valence-corrected chi connectivity index (χ1v) is 7.87. The standard InChI is InChI=1S/C20H18N2O3/c1-12-7-6-9-15(20(24)25-3)18(12)22-19(23)16-11-14-8-4-5-10-17(14)21-13(16)2/h4-11H,1-3H3,(H,22,23). The van der Waals surface area contributed by atoms with Gasteiger partial charge in [-0.15, -0.1) is 0 Å². The summed E-state index contributed by atoms with van der Waals surface area (Å²) in [5.74, 6) is -0.803. The normalized spacial score (nSPS) is 10.5. The molecule has 0 saturated carbocycles. The van der Waals surface area contributed by atoms with Crippen LogP contribution in [0.4, 0.5) is 5.69 Å². The zero-order chi connectivity index (χ0) is 18.0. The number of fused-ring (bicyclic) bond motifs is 1. The minimum atomic E-state index is -0.493. The largest absolute Gasteiger partial charge is 0.465 e. The molecule has 126 valence electrons. The topological polar surface area (TPSA) is 68.3 Å². The Morgan fingerprint density at radius 3 is 2.52 bits per heavy atom. The number of nitrogens with one attached hydrogen (secondary N) is 1. The monoisotopic (exact) mass is 334 g/mol. The minimum Gasteiger partial charge on any atom is -0.465 e. The number of rotatable bonds is 3. The summed E-state index contributed by atoms with van der Waals surface area (Å²) < 4.78 is 4.80. The van der Waals surface area contributed by atoms with E-state index in [2.05, 4.69) is 10.3 Å². The van der Waals surface area contributed by atoms with Crippen molar-refractivity contribution in [3.05, 3.63) is 70.9 Å². The molecule has 0 spiro atoms. The molecular weight excluding hydrogens is 316 g/mol. The maximum absolute atomic E-state index is 12.8. The van der Waals surface area contributed by atoms with Crippen LogP contribution >= 0.6 is 0 Å². The molecule has 25 heavy (non-hydrogen) atoms. The second-order valence-electron chi connectivity index (χ2n) is 5.76. The minimum absolute atomic E-state index is 0.310. The van der Waals surface area contributed by atoms with Crippen LogP contribution in [0.25, 0.3) is 10.9 Å². The maximum atomic E-state index is 12.8. The van der Waals surface area contributed by atoms with E-state index >= 15 is 0 Å². The molecule has 0 aliphatic carbocycles. The van der Waals surface area contributed by atoms with Crippen LogP contribution in [0.1, 0.15) is 32.0 Å². The Morgan fingerprint density at radius 2 is 1.76 bits per heavy atom. The van der Waals surface area contributed by atoms with Gasteiger partial charge >= 0.3 is 5.97 Å². The van der Waals surface area contributed by atoms with E-state index in [0.717, 1.165) is 16.5 Å². The molecule has 2 aromatic carbocycles.